The number of nitrogens with zero attached hydrogens (tertiary/aromatic N) is 1. The number of hydrogen-bond donors (Lipinski definition) is 2. The van der Waals surface area contributed by atoms with Gasteiger partial charge >= 0.3 is 0 Å². The number of carbonyl (C=O) groups is 1. The fourth-order valence-corrected chi connectivity index (χ4v) is 3.60. The molecule has 1 aromatic carbocycles. The minimum Gasteiger partial charge on any atom is -0.351 e. The molecule has 1 atom stereocenters. The Hall–Kier alpha value is -2.11. The minimum atomic E-state index is -0.0674. The van der Waals surface area contributed by atoms with E-state index < -0.39 is 0 Å². The average Bonchev–Trinajstić information content (AvgIpc) is 3.15. The molecular weight excluding hydrogens is 306 g/mol. The van der Waals surface area contributed by atoms with Gasteiger partial charge in [0.15, 0.2) is 0 Å². The molecule has 0 spiro atoms. The number of aromatic amines is 1. The third-order valence-corrected chi connectivity index (χ3v) is 4.95. The number of rotatable bonds is 5. The van der Waals surface area contributed by atoms with Crippen LogP contribution in [-0.4, -0.2) is 36.4 Å². The van der Waals surface area contributed by atoms with Crippen molar-refractivity contribution < 1.29 is 4.79 Å². The third-order valence-electron chi connectivity index (χ3n) is 3.97. The molecule has 3 aromatic rings. The van der Waals surface area contributed by atoms with Crippen LogP contribution in [0.25, 0.3) is 10.9 Å². The van der Waals surface area contributed by atoms with Crippen LogP contribution < -0.4 is 5.32 Å². The van der Waals surface area contributed by atoms with Crippen LogP contribution >= 0.6 is 11.3 Å². The Morgan fingerprint density at radius 3 is 2.83 bits per heavy atom. The molecule has 5 heteroatoms. The van der Waals surface area contributed by atoms with Crippen molar-refractivity contribution in [3.8, 4) is 0 Å². The molecule has 120 valence electrons. The Balaban J connectivity index is 1.72. The highest BCUT2D eigenvalue weighted by atomic mass is 32.1. The molecule has 2 heterocycles. The maximum atomic E-state index is 12.4. The van der Waals surface area contributed by atoms with E-state index in [2.05, 4.69) is 39.6 Å². The molecule has 0 fully saturated rings. The second-order valence-electron chi connectivity index (χ2n) is 5.98. The van der Waals surface area contributed by atoms with E-state index in [1.54, 1.807) is 11.3 Å². The first kappa shape index (κ1) is 15.8. The van der Waals surface area contributed by atoms with Crippen molar-refractivity contribution in [2.24, 2.45) is 0 Å². The monoisotopic (exact) mass is 327 g/mol. The lowest BCUT2D eigenvalue weighted by Gasteiger charge is -2.23. The van der Waals surface area contributed by atoms with Crippen molar-refractivity contribution in [3.63, 3.8) is 0 Å². The lowest BCUT2D eigenvalue weighted by molar-refractivity contribution is 0.0938. The van der Waals surface area contributed by atoms with E-state index >= 15 is 0 Å². The van der Waals surface area contributed by atoms with Gasteiger partial charge in [-0.1, -0.05) is 17.7 Å². The number of aryl methyl sites for hydroxylation is 1. The summed E-state index contributed by atoms with van der Waals surface area (Å²) in [7, 11) is 4.06. The molecule has 0 aliphatic carbocycles. The largest absolute Gasteiger partial charge is 0.351 e. The number of hydrogen-bond acceptors (Lipinski definition) is 3. The number of H-pyrrole nitrogens is 1. The van der Waals surface area contributed by atoms with Gasteiger partial charge in [0.25, 0.3) is 5.91 Å². The Morgan fingerprint density at radius 2 is 2.13 bits per heavy atom. The normalized spacial score (nSPS) is 12.7. The summed E-state index contributed by atoms with van der Waals surface area (Å²) in [5.41, 5.74) is 2.78. The molecule has 3 rings (SSSR count). The van der Waals surface area contributed by atoms with Gasteiger partial charge in [-0.2, -0.15) is 0 Å². The summed E-state index contributed by atoms with van der Waals surface area (Å²) in [4.78, 5) is 19.0. The minimum absolute atomic E-state index is 0.0674. The highest BCUT2D eigenvalue weighted by Gasteiger charge is 2.17. The first-order valence-corrected chi connectivity index (χ1v) is 8.50. The SMILES string of the molecule is Cc1ccc2[nH]c(C(=O)NC[C@H](c3cccs3)N(C)C)cc2c1. The Labute approximate surface area is 140 Å². The molecule has 0 saturated carbocycles. The maximum absolute atomic E-state index is 12.4. The summed E-state index contributed by atoms with van der Waals surface area (Å²) in [6.45, 7) is 2.63. The highest BCUT2D eigenvalue weighted by Crippen LogP contribution is 2.22. The van der Waals surface area contributed by atoms with Gasteiger partial charge in [0.2, 0.25) is 0 Å². The quantitative estimate of drug-likeness (QED) is 0.752. The first-order valence-electron chi connectivity index (χ1n) is 7.62. The van der Waals surface area contributed by atoms with E-state index in [9.17, 15) is 4.79 Å². The number of benzene rings is 1. The van der Waals surface area contributed by atoms with E-state index in [-0.39, 0.29) is 11.9 Å². The molecule has 0 bridgehead atoms. The van der Waals surface area contributed by atoms with Gasteiger partial charge in [0, 0.05) is 22.3 Å². The Morgan fingerprint density at radius 1 is 1.30 bits per heavy atom. The summed E-state index contributed by atoms with van der Waals surface area (Å²) in [5.74, 6) is -0.0674. The summed E-state index contributed by atoms with van der Waals surface area (Å²) >= 11 is 1.71. The fourth-order valence-electron chi connectivity index (χ4n) is 2.68. The van der Waals surface area contributed by atoms with Crippen molar-refractivity contribution in [2.45, 2.75) is 13.0 Å². The van der Waals surface area contributed by atoms with Crippen LogP contribution in [0.3, 0.4) is 0 Å². The van der Waals surface area contributed by atoms with Gasteiger partial charge < -0.3 is 15.2 Å². The van der Waals surface area contributed by atoms with Crippen LogP contribution in [0.2, 0.25) is 0 Å². The first-order chi connectivity index (χ1) is 11.0. The number of likely N-dealkylation sites (N-methyl/N-ethyl adjacent to an activating group) is 1. The van der Waals surface area contributed by atoms with Crippen LogP contribution in [0, 0.1) is 6.92 Å². The number of fused-ring (bicyclic) bond motifs is 1. The van der Waals surface area contributed by atoms with Gasteiger partial charge in [-0.15, -0.1) is 11.3 Å². The van der Waals surface area contributed by atoms with E-state index in [1.165, 1.54) is 10.4 Å². The summed E-state index contributed by atoms with van der Waals surface area (Å²) in [5, 5.41) is 6.17. The zero-order valence-electron chi connectivity index (χ0n) is 13.6. The molecule has 2 aromatic heterocycles. The topological polar surface area (TPSA) is 48.1 Å². The molecule has 23 heavy (non-hydrogen) atoms. The maximum Gasteiger partial charge on any atom is 0.267 e. The molecule has 0 saturated heterocycles. The van der Waals surface area contributed by atoms with Crippen LogP contribution in [0.15, 0.2) is 41.8 Å². The van der Waals surface area contributed by atoms with Crippen molar-refractivity contribution in [1.82, 2.24) is 15.2 Å². The molecule has 1 amide bonds. The van der Waals surface area contributed by atoms with Crippen LogP contribution in [0.1, 0.15) is 27.0 Å². The highest BCUT2D eigenvalue weighted by molar-refractivity contribution is 7.10. The summed E-state index contributed by atoms with van der Waals surface area (Å²) in [6, 6.07) is 12.4. The summed E-state index contributed by atoms with van der Waals surface area (Å²) in [6.07, 6.45) is 0. The summed E-state index contributed by atoms with van der Waals surface area (Å²) < 4.78 is 0. The van der Waals surface area contributed by atoms with Crippen molar-refractivity contribution in [3.05, 3.63) is 57.9 Å². The molecule has 0 unspecified atom stereocenters. The number of aromatic nitrogens is 1. The second kappa shape index (κ2) is 6.56. The van der Waals surface area contributed by atoms with Gasteiger partial charge in [0.05, 0.1) is 6.04 Å². The third kappa shape index (κ3) is 3.46. The van der Waals surface area contributed by atoms with E-state index in [4.69, 9.17) is 0 Å². The molecule has 2 N–H and O–H groups in total. The van der Waals surface area contributed by atoms with Crippen molar-refractivity contribution in [2.75, 3.05) is 20.6 Å². The molecule has 0 radical (unpaired) electrons. The van der Waals surface area contributed by atoms with E-state index in [0.29, 0.717) is 12.2 Å². The van der Waals surface area contributed by atoms with Crippen LogP contribution in [0.5, 0.6) is 0 Å². The van der Waals surface area contributed by atoms with Crippen LogP contribution in [0.4, 0.5) is 0 Å². The average molecular weight is 327 g/mol. The second-order valence-corrected chi connectivity index (χ2v) is 6.96. The molecular formula is C18H21N3OS. The van der Waals surface area contributed by atoms with E-state index in [1.807, 2.05) is 38.4 Å². The lowest BCUT2D eigenvalue weighted by atomic mass is 10.2. The van der Waals surface area contributed by atoms with Gasteiger partial charge in [-0.3, -0.25) is 4.79 Å². The predicted octanol–water partition coefficient (Wildman–Crippen LogP) is 3.57. The number of carbonyl (C=O) groups excluding carboxylic acids is 1. The Kier molecular flexibility index (Phi) is 4.50. The van der Waals surface area contributed by atoms with Crippen molar-refractivity contribution >= 4 is 28.1 Å². The van der Waals surface area contributed by atoms with Gasteiger partial charge in [-0.25, -0.2) is 0 Å². The van der Waals surface area contributed by atoms with Crippen molar-refractivity contribution in [1.29, 1.82) is 0 Å². The van der Waals surface area contributed by atoms with E-state index in [0.717, 1.165) is 10.9 Å². The lowest BCUT2D eigenvalue weighted by Crippen LogP contribution is -2.34. The predicted molar refractivity (Wildman–Crippen MR) is 96.1 cm³/mol. The smallest absolute Gasteiger partial charge is 0.267 e. The fraction of sp³-hybridized carbons (Fsp3) is 0.278. The number of amides is 1. The zero-order valence-corrected chi connectivity index (χ0v) is 14.4. The van der Waals surface area contributed by atoms with Gasteiger partial charge in [-0.05, 0) is 50.7 Å². The number of nitrogens with one attached hydrogen (secondary N) is 2. The molecule has 0 aliphatic heterocycles. The van der Waals surface area contributed by atoms with Gasteiger partial charge in [0.1, 0.15) is 5.69 Å². The number of thiophene rings is 1. The Bertz CT molecular complexity index is 805. The standard InChI is InChI=1S/C18H21N3OS/c1-12-6-7-14-13(9-12)10-15(20-14)18(22)19-11-16(21(2)3)17-5-4-8-23-17/h4-10,16,20H,11H2,1-3H3,(H,19,22)/t16-/m1/s1. The molecule has 4 nitrogen and oxygen atoms in total. The zero-order chi connectivity index (χ0) is 16.4. The van der Waals surface area contributed by atoms with Crippen LogP contribution in [-0.2, 0) is 0 Å². The molecule has 0 aliphatic rings.